The molecule has 19 heavy (non-hydrogen) atoms. The Morgan fingerprint density at radius 2 is 2.00 bits per heavy atom. The molecule has 0 atom stereocenters. The van der Waals surface area contributed by atoms with Crippen LogP contribution in [-0.2, 0) is 0 Å². The summed E-state index contributed by atoms with van der Waals surface area (Å²) in [5, 5.41) is 1.14. The van der Waals surface area contributed by atoms with E-state index in [0.29, 0.717) is 10.9 Å². The molecule has 3 aromatic rings. The van der Waals surface area contributed by atoms with E-state index in [4.69, 9.17) is 5.73 Å². The van der Waals surface area contributed by atoms with E-state index < -0.39 is 0 Å². The molecule has 0 aliphatic rings. The van der Waals surface area contributed by atoms with Gasteiger partial charge in [0, 0.05) is 38.7 Å². The second kappa shape index (κ2) is 4.73. The summed E-state index contributed by atoms with van der Waals surface area (Å²) in [7, 11) is 0. The van der Waals surface area contributed by atoms with Gasteiger partial charge in [-0.3, -0.25) is 4.98 Å². The fraction of sp³-hybridized carbons (Fsp3) is 0. The number of anilines is 1. The predicted octanol–water partition coefficient (Wildman–Crippen LogP) is 3.62. The third-order valence-electron chi connectivity index (χ3n) is 2.94. The zero-order valence-electron chi connectivity index (χ0n) is 9.77. The Balaban J connectivity index is 2.36. The van der Waals surface area contributed by atoms with Gasteiger partial charge in [0.2, 0.25) is 0 Å². The van der Waals surface area contributed by atoms with E-state index in [-0.39, 0.29) is 11.6 Å². The first kappa shape index (κ1) is 12.3. The van der Waals surface area contributed by atoms with Crippen molar-refractivity contribution < 1.29 is 4.39 Å². The molecule has 3 rings (SSSR count). The van der Waals surface area contributed by atoms with Crippen LogP contribution in [0.3, 0.4) is 0 Å². The maximum Gasteiger partial charge on any atom is 0.142 e. The molecule has 0 saturated carbocycles. The Bertz CT molecular complexity index is 759. The highest BCUT2D eigenvalue weighted by molar-refractivity contribution is 14.1. The molecule has 2 heterocycles. The van der Waals surface area contributed by atoms with Crippen molar-refractivity contribution >= 4 is 39.2 Å². The molecule has 5 heteroatoms. The summed E-state index contributed by atoms with van der Waals surface area (Å²) in [6.07, 6.45) is 4.92. The van der Waals surface area contributed by atoms with Crippen LogP contribution < -0.4 is 5.73 Å². The first-order chi connectivity index (χ1) is 9.18. The Hall–Kier alpha value is -1.76. The maximum atomic E-state index is 14.6. The summed E-state index contributed by atoms with van der Waals surface area (Å²) < 4.78 is 15.5. The number of nitrogens with two attached hydrogens (primary N) is 1. The van der Waals surface area contributed by atoms with Crippen molar-refractivity contribution in [2.24, 2.45) is 0 Å². The lowest BCUT2D eigenvalue weighted by atomic mass is 10.0. The minimum absolute atomic E-state index is 0.207. The van der Waals surface area contributed by atoms with Crippen LogP contribution in [-0.4, -0.2) is 9.97 Å². The van der Waals surface area contributed by atoms with Crippen molar-refractivity contribution in [1.29, 1.82) is 0 Å². The highest BCUT2D eigenvalue weighted by Gasteiger charge is 2.14. The summed E-state index contributed by atoms with van der Waals surface area (Å²) in [6.45, 7) is 0. The number of rotatable bonds is 1. The minimum atomic E-state index is -0.353. The van der Waals surface area contributed by atoms with Crippen molar-refractivity contribution in [3.05, 3.63) is 52.2 Å². The van der Waals surface area contributed by atoms with Crippen LogP contribution in [0.1, 0.15) is 0 Å². The van der Waals surface area contributed by atoms with Gasteiger partial charge >= 0.3 is 0 Å². The molecule has 0 fully saturated rings. The number of halogens is 2. The molecular weight excluding hydrogens is 356 g/mol. The second-order valence-electron chi connectivity index (χ2n) is 4.08. The van der Waals surface area contributed by atoms with Gasteiger partial charge in [-0.2, -0.15) is 0 Å². The van der Waals surface area contributed by atoms with E-state index in [2.05, 4.69) is 32.6 Å². The van der Waals surface area contributed by atoms with E-state index in [1.54, 1.807) is 30.7 Å². The number of hydrogen-bond acceptors (Lipinski definition) is 3. The average Bonchev–Trinajstić information content (AvgIpc) is 2.44. The van der Waals surface area contributed by atoms with E-state index >= 15 is 0 Å². The Labute approximate surface area is 122 Å². The third-order valence-corrected chi connectivity index (χ3v) is 3.80. The SMILES string of the molecule is Nc1ncc(I)c2ccc(-c3cccnc3)c(F)c12. The molecule has 0 saturated heterocycles. The summed E-state index contributed by atoms with van der Waals surface area (Å²) >= 11 is 2.12. The number of nitrogens with zero attached hydrogens (tertiary/aromatic N) is 2. The standard InChI is InChI=1S/C14H9FIN3/c15-13-9(8-2-1-5-18-6-8)3-4-10-11(16)7-19-14(17)12(10)13/h1-7H,(H2,17,19). The van der Waals surface area contributed by atoms with Crippen molar-refractivity contribution in [2.75, 3.05) is 5.73 Å². The Morgan fingerprint density at radius 1 is 1.16 bits per heavy atom. The summed E-state index contributed by atoms with van der Waals surface area (Å²) in [6, 6.07) is 7.20. The van der Waals surface area contributed by atoms with Gasteiger partial charge in [0.25, 0.3) is 0 Å². The monoisotopic (exact) mass is 365 g/mol. The van der Waals surface area contributed by atoms with Crippen molar-refractivity contribution in [3.8, 4) is 11.1 Å². The Kier molecular flexibility index (Phi) is 3.06. The van der Waals surface area contributed by atoms with Crippen molar-refractivity contribution in [3.63, 3.8) is 0 Å². The first-order valence-electron chi connectivity index (χ1n) is 5.61. The topological polar surface area (TPSA) is 51.8 Å². The lowest BCUT2D eigenvalue weighted by Gasteiger charge is -2.09. The molecular formula is C14H9FIN3. The van der Waals surface area contributed by atoms with E-state index in [1.165, 1.54) is 0 Å². The number of benzene rings is 1. The van der Waals surface area contributed by atoms with Crippen LogP contribution in [0.15, 0.2) is 42.9 Å². The van der Waals surface area contributed by atoms with Gasteiger partial charge in [0.05, 0.1) is 5.39 Å². The third kappa shape index (κ3) is 2.03. The van der Waals surface area contributed by atoms with Crippen LogP contribution in [0.4, 0.5) is 10.2 Å². The lowest BCUT2D eigenvalue weighted by Crippen LogP contribution is -1.97. The molecule has 3 nitrogen and oxygen atoms in total. The van der Waals surface area contributed by atoms with E-state index in [0.717, 1.165) is 14.5 Å². The molecule has 0 unspecified atom stereocenters. The largest absolute Gasteiger partial charge is 0.383 e. The van der Waals surface area contributed by atoms with Crippen LogP contribution in [0.2, 0.25) is 0 Å². The van der Waals surface area contributed by atoms with Gasteiger partial charge < -0.3 is 5.73 Å². The second-order valence-corrected chi connectivity index (χ2v) is 5.24. The summed E-state index contributed by atoms with van der Waals surface area (Å²) in [5.74, 6) is -0.146. The van der Waals surface area contributed by atoms with Crippen LogP contribution in [0.5, 0.6) is 0 Å². The highest BCUT2D eigenvalue weighted by atomic mass is 127. The maximum absolute atomic E-state index is 14.6. The summed E-state index contributed by atoms with van der Waals surface area (Å²) in [4.78, 5) is 8.02. The van der Waals surface area contributed by atoms with Crippen LogP contribution in [0.25, 0.3) is 21.9 Å². The smallest absolute Gasteiger partial charge is 0.142 e. The quantitative estimate of drug-likeness (QED) is 0.671. The van der Waals surface area contributed by atoms with Gasteiger partial charge in [0.1, 0.15) is 11.6 Å². The number of nitrogen functional groups attached to an aromatic ring is 1. The molecule has 2 N–H and O–H groups in total. The zero-order chi connectivity index (χ0) is 13.4. The number of pyridine rings is 2. The molecule has 0 radical (unpaired) electrons. The molecule has 2 aromatic heterocycles. The molecule has 0 aliphatic carbocycles. The van der Waals surface area contributed by atoms with Gasteiger partial charge in [-0.05, 0) is 28.7 Å². The molecule has 0 aliphatic heterocycles. The van der Waals surface area contributed by atoms with E-state index in [1.807, 2.05) is 12.1 Å². The number of hydrogen-bond donors (Lipinski definition) is 1. The average molecular weight is 365 g/mol. The minimum Gasteiger partial charge on any atom is -0.383 e. The molecule has 94 valence electrons. The fourth-order valence-corrected chi connectivity index (χ4v) is 2.62. The first-order valence-corrected chi connectivity index (χ1v) is 6.69. The zero-order valence-corrected chi connectivity index (χ0v) is 11.9. The van der Waals surface area contributed by atoms with Gasteiger partial charge in [0.15, 0.2) is 0 Å². The number of fused-ring (bicyclic) bond motifs is 1. The van der Waals surface area contributed by atoms with E-state index in [9.17, 15) is 4.39 Å². The molecule has 0 amide bonds. The molecule has 1 aromatic carbocycles. The van der Waals surface area contributed by atoms with Crippen LogP contribution >= 0.6 is 22.6 Å². The van der Waals surface area contributed by atoms with Crippen molar-refractivity contribution in [2.45, 2.75) is 0 Å². The van der Waals surface area contributed by atoms with Crippen LogP contribution in [0, 0.1) is 9.39 Å². The Morgan fingerprint density at radius 3 is 2.74 bits per heavy atom. The highest BCUT2D eigenvalue weighted by Crippen LogP contribution is 2.32. The van der Waals surface area contributed by atoms with Crippen molar-refractivity contribution in [1.82, 2.24) is 9.97 Å². The van der Waals surface area contributed by atoms with Gasteiger partial charge in [-0.1, -0.05) is 18.2 Å². The van der Waals surface area contributed by atoms with Gasteiger partial charge in [-0.15, -0.1) is 0 Å². The summed E-state index contributed by atoms with van der Waals surface area (Å²) in [5.41, 5.74) is 7.01. The normalized spacial score (nSPS) is 10.8. The lowest BCUT2D eigenvalue weighted by molar-refractivity contribution is 0.643. The van der Waals surface area contributed by atoms with Gasteiger partial charge in [-0.25, -0.2) is 9.37 Å². The predicted molar refractivity (Wildman–Crippen MR) is 82.1 cm³/mol. The number of aromatic nitrogens is 2. The molecule has 0 bridgehead atoms. The fourth-order valence-electron chi connectivity index (χ4n) is 2.03. The molecule has 0 spiro atoms.